The van der Waals surface area contributed by atoms with Gasteiger partial charge in [-0.05, 0) is 30.2 Å². The van der Waals surface area contributed by atoms with Gasteiger partial charge in [-0.3, -0.25) is 0 Å². The molecule has 0 aliphatic carbocycles. The molecular formula is C11H14ClF4N. The zero-order valence-corrected chi connectivity index (χ0v) is 10.0. The molecule has 0 saturated heterocycles. The number of benzene rings is 1. The Morgan fingerprint density at radius 1 is 1.29 bits per heavy atom. The Morgan fingerprint density at radius 2 is 1.88 bits per heavy atom. The Labute approximate surface area is 103 Å². The standard InChI is InChI=1S/C11H13F4N.ClH/c1-2-3-10(16)8-6-7(12)4-5-9(8)11(13,14)15;/h4-6,10H,2-3,16H2,1H3;1H/t10-;/m1./s1. The molecule has 0 bridgehead atoms. The van der Waals surface area contributed by atoms with Crippen LogP contribution in [0.25, 0.3) is 0 Å². The highest BCUT2D eigenvalue weighted by Crippen LogP contribution is 2.35. The molecule has 0 aliphatic rings. The summed E-state index contributed by atoms with van der Waals surface area (Å²) >= 11 is 0. The number of halogens is 5. The molecule has 0 amide bonds. The average Bonchev–Trinajstić information content (AvgIpc) is 2.16. The van der Waals surface area contributed by atoms with E-state index in [4.69, 9.17) is 5.73 Å². The molecule has 0 spiro atoms. The Hall–Kier alpha value is -0.810. The Morgan fingerprint density at radius 3 is 2.35 bits per heavy atom. The molecule has 1 nitrogen and oxygen atoms in total. The maximum absolute atomic E-state index is 12.9. The van der Waals surface area contributed by atoms with Crippen LogP contribution in [0.15, 0.2) is 18.2 Å². The van der Waals surface area contributed by atoms with Crippen molar-refractivity contribution in [3.05, 3.63) is 35.1 Å². The topological polar surface area (TPSA) is 26.0 Å². The molecule has 2 N–H and O–H groups in total. The molecule has 0 saturated carbocycles. The van der Waals surface area contributed by atoms with Crippen molar-refractivity contribution in [1.82, 2.24) is 0 Å². The van der Waals surface area contributed by atoms with Crippen molar-refractivity contribution in [1.29, 1.82) is 0 Å². The van der Waals surface area contributed by atoms with Crippen LogP contribution < -0.4 is 5.73 Å². The molecule has 0 radical (unpaired) electrons. The van der Waals surface area contributed by atoms with Gasteiger partial charge >= 0.3 is 6.18 Å². The molecule has 98 valence electrons. The van der Waals surface area contributed by atoms with Gasteiger partial charge in [0.25, 0.3) is 0 Å². The first-order chi connectivity index (χ1) is 7.36. The molecule has 1 rings (SSSR count). The molecule has 0 aromatic heterocycles. The van der Waals surface area contributed by atoms with Gasteiger partial charge < -0.3 is 5.73 Å². The van der Waals surface area contributed by atoms with Gasteiger partial charge in [0.05, 0.1) is 5.56 Å². The lowest BCUT2D eigenvalue weighted by atomic mass is 9.97. The SMILES string of the molecule is CCC[C@@H](N)c1cc(F)ccc1C(F)(F)F.Cl. The zero-order chi connectivity index (χ0) is 12.3. The smallest absolute Gasteiger partial charge is 0.324 e. The van der Waals surface area contributed by atoms with E-state index in [1.807, 2.05) is 6.92 Å². The molecule has 0 unspecified atom stereocenters. The molecule has 1 aromatic rings. The number of alkyl halides is 3. The van der Waals surface area contributed by atoms with Gasteiger partial charge in [-0.15, -0.1) is 12.4 Å². The summed E-state index contributed by atoms with van der Waals surface area (Å²) in [6.07, 6.45) is -3.45. The Kier molecular flexibility index (Phi) is 5.92. The van der Waals surface area contributed by atoms with E-state index in [1.165, 1.54) is 0 Å². The third-order valence-corrected chi connectivity index (χ3v) is 2.32. The Bertz CT molecular complexity index is 365. The maximum atomic E-state index is 12.9. The molecule has 0 aliphatic heterocycles. The quantitative estimate of drug-likeness (QED) is 0.824. The van der Waals surface area contributed by atoms with E-state index in [0.717, 1.165) is 18.2 Å². The van der Waals surface area contributed by atoms with Crippen molar-refractivity contribution in [2.45, 2.75) is 32.0 Å². The van der Waals surface area contributed by atoms with Crippen molar-refractivity contribution in [3.8, 4) is 0 Å². The lowest BCUT2D eigenvalue weighted by Gasteiger charge is -2.17. The van der Waals surface area contributed by atoms with E-state index < -0.39 is 23.6 Å². The molecule has 0 heterocycles. The predicted octanol–water partition coefficient (Wildman–Crippen LogP) is 4.07. The fourth-order valence-corrected chi connectivity index (χ4v) is 1.57. The summed E-state index contributed by atoms with van der Waals surface area (Å²) in [5, 5.41) is 0. The summed E-state index contributed by atoms with van der Waals surface area (Å²) in [6, 6.07) is 1.62. The van der Waals surface area contributed by atoms with Crippen molar-refractivity contribution in [2.75, 3.05) is 0 Å². The highest BCUT2D eigenvalue weighted by atomic mass is 35.5. The summed E-state index contributed by atoms with van der Waals surface area (Å²) in [5.74, 6) is -0.699. The molecule has 1 aromatic carbocycles. The number of hydrogen-bond donors (Lipinski definition) is 1. The number of hydrogen-bond acceptors (Lipinski definition) is 1. The first-order valence-electron chi connectivity index (χ1n) is 4.98. The third-order valence-electron chi connectivity index (χ3n) is 2.32. The van der Waals surface area contributed by atoms with Crippen molar-refractivity contribution in [2.24, 2.45) is 5.73 Å². The van der Waals surface area contributed by atoms with Gasteiger partial charge in [0.15, 0.2) is 0 Å². The van der Waals surface area contributed by atoms with Gasteiger partial charge in [-0.2, -0.15) is 13.2 Å². The van der Waals surface area contributed by atoms with Crippen molar-refractivity contribution >= 4 is 12.4 Å². The summed E-state index contributed by atoms with van der Waals surface area (Å²) in [4.78, 5) is 0. The van der Waals surface area contributed by atoms with Crippen LogP contribution in [0.1, 0.15) is 36.9 Å². The lowest BCUT2D eigenvalue weighted by molar-refractivity contribution is -0.138. The van der Waals surface area contributed by atoms with Crippen LogP contribution >= 0.6 is 12.4 Å². The van der Waals surface area contributed by atoms with Gasteiger partial charge in [-0.25, -0.2) is 4.39 Å². The van der Waals surface area contributed by atoms with E-state index in [1.54, 1.807) is 0 Å². The van der Waals surface area contributed by atoms with E-state index in [2.05, 4.69) is 0 Å². The first kappa shape index (κ1) is 16.2. The third kappa shape index (κ3) is 4.16. The van der Waals surface area contributed by atoms with E-state index in [-0.39, 0.29) is 18.0 Å². The lowest BCUT2D eigenvalue weighted by Crippen LogP contribution is -2.17. The second kappa shape index (κ2) is 6.21. The monoisotopic (exact) mass is 271 g/mol. The van der Waals surface area contributed by atoms with E-state index in [9.17, 15) is 17.6 Å². The van der Waals surface area contributed by atoms with Gasteiger partial charge in [0.2, 0.25) is 0 Å². The van der Waals surface area contributed by atoms with Crippen LogP contribution in [-0.4, -0.2) is 0 Å². The second-order valence-electron chi connectivity index (χ2n) is 3.62. The van der Waals surface area contributed by atoms with Crippen LogP contribution in [-0.2, 0) is 6.18 Å². The molecule has 0 fully saturated rings. The number of rotatable bonds is 3. The average molecular weight is 272 g/mol. The fraction of sp³-hybridized carbons (Fsp3) is 0.455. The minimum absolute atomic E-state index is 0. The number of nitrogens with two attached hydrogens (primary N) is 1. The zero-order valence-electron chi connectivity index (χ0n) is 9.22. The van der Waals surface area contributed by atoms with Crippen LogP contribution in [0, 0.1) is 5.82 Å². The molecule has 1 atom stereocenters. The largest absolute Gasteiger partial charge is 0.416 e. The minimum atomic E-state index is -4.49. The van der Waals surface area contributed by atoms with Gasteiger partial charge in [-0.1, -0.05) is 13.3 Å². The normalized spacial score (nSPS) is 13.1. The first-order valence-corrected chi connectivity index (χ1v) is 4.98. The minimum Gasteiger partial charge on any atom is -0.324 e. The molecular weight excluding hydrogens is 258 g/mol. The van der Waals surface area contributed by atoms with Crippen LogP contribution in [0.4, 0.5) is 17.6 Å². The Balaban J connectivity index is 0.00000256. The van der Waals surface area contributed by atoms with Crippen LogP contribution in [0.2, 0.25) is 0 Å². The summed E-state index contributed by atoms with van der Waals surface area (Å²) in [5.41, 5.74) is 4.58. The summed E-state index contributed by atoms with van der Waals surface area (Å²) in [7, 11) is 0. The predicted molar refractivity (Wildman–Crippen MR) is 60.5 cm³/mol. The molecule has 17 heavy (non-hydrogen) atoms. The van der Waals surface area contributed by atoms with Gasteiger partial charge in [0, 0.05) is 6.04 Å². The molecule has 6 heteroatoms. The highest BCUT2D eigenvalue weighted by Gasteiger charge is 2.34. The summed E-state index contributed by atoms with van der Waals surface area (Å²) in [6.45, 7) is 1.81. The van der Waals surface area contributed by atoms with Crippen LogP contribution in [0.3, 0.4) is 0 Å². The highest BCUT2D eigenvalue weighted by molar-refractivity contribution is 5.85. The van der Waals surface area contributed by atoms with Gasteiger partial charge in [0.1, 0.15) is 5.82 Å². The second-order valence-corrected chi connectivity index (χ2v) is 3.62. The van der Waals surface area contributed by atoms with Crippen molar-refractivity contribution in [3.63, 3.8) is 0 Å². The van der Waals surface area contributed by atoms with E-state index in [0.29, 0.717) is 12.8 Å². The summed E-state index contributed by atoms with van der Waals surface area (Å²) < 4.78 is 50.7. The van der Waals surface area contributed by atoms with Crippen molar-refractivity contribution < 1.29 is 17.6 Å². The fourth-order valence-electron chi connectivity index (χ4n) is 1.57. The maximum Gasteiger partial charge on any atom is 0.416 e. The van der Waals surface area contributed by atoms with Crippen LogP contribution in [0.5, 0.6) is 0 Å². The van der Waals surface area contributed by atoms with E-state index >= 15 is 0 Å².